The summed E-state index contributed by atoms with van der Waals surface area (Å²) >= 11 is 5.85. The van der Waals surface area contributed by atoms with Crippen LogP contribution in [-0.4, -0.2) is 15.8 Å². The lowest BCUT2D eigenvalue weighted by Crippen LogP contribution is -2.18. The Balaban J connectivity index is 2.04. The van der Waals surface area contributed by atoms with Crippen molar-refractivity contribution < 1.29 is 4.74 Å². The number of nitrogens with zero attached hydrogens (tertiary/aromatic N) is 1. The molecular weight excluding hydrogens is 176 g/mol. The van der Waals surface area contributed by atoms with Crippen LogP contribution in [-0.2, 0) is 4.74 Å². The van der Waals surface area contributed by atoms with Gasteiger partial charge in [0, 0.05) is 6.20 Å². The van der Waals surface area contributed by atoms with Crippen LogP contribution in [0, 0.1) is 6.10 Å². The van der Waals surface area contributed by atoms with E-state index in [1.807, 2.05) is 6.07 Å². The second-order valence-electron chi connectivity index (χ2n) is 2.81. The Labute approximate surface area is 76.1 Å². The molecule has 0 spiro atoms. The van der Waals surface area contributed by atoms with Gasteiger partial charge in [0.1, 0.15) is 11.7 Å². The topological polar surface area (TPSA) is 37.9 Å². The molecule has 0 bridgehead atoms. The SMILES string of the molecule is ClC1CCC[C](c2ccn[nH]2)O1. The van der Waals surface area contributed by atoms with Crippen LogP contribution in [0.3, 0.4) is 0 Å². The van der Waals surface area contributed by atoms with Gasteiger partial charge in [-0.25, -0.2) is 0 Å². The monoisotopic (exact) mass is 185 g/mol. The van der Waals surface area contributed by atoms with E-state index in [0.717, 1.165) is 31.1 Å². The van der Waals surface area contributed by atoms with E-state index in [1.165, 1.54) is 0 Å². The summed E-state index contributed by atoms with van der Waals surface area (Å²) in [4.78, 5) is 0. The maximum absolute atomic E-state index is 5.85. The van der Waals surface area contributed by atoms with Gasteiger partial charge < -0.3 is 4.74 Å². The number of halogens is 1. The average Bonchev–Trinajstić information content (AvgIpc) is 2.56. The van der Waals surface area contributed by atoms with E-state index in [-0.39, 0.29) is 5.56 Å². The summed E-state index contributed by atoms with van der Waals surface area (Å²) in [6.45, 7) is 0. The fraction of sp³-hybridized carbons (Fsp3) is 0.500. The molecular formula is C8H10ClN2O. The summed E-state index contributed by atoms with van der Waals surface area (Å²) in [7, 11) is 0. The number of rotatable bonds is 1. The van der Waals surface area contributed by atoms with Crippen molar-refractivity contribution >= 4 is 11.6 Å². The van der Waals surface area contributed by atoms with Gasteiger partial charge >= 0.3 is 0 Å². The summed E-state index contributed by atoms with van der Waals surface area (Å²) in [5.41, 5.74) is 0.775. The highest BCUT2D eigenvalue weighted by atomic mass is 35.5. The fourth-order valence-corrected chi connectivity index (χ4v) is 1.57. The third-order valence-electron chi connectivity index (χ3n) is 1.91. The minimum absolute atomic E-state index is 0.169. The van der Waals surface area contributed by atoms with E-state index >= 15 is 0 Å². The van der Waals surface area contributed by atoms with Crippen molar-refractivity contribution in [2.24, 2.45) is 0 Å². The predicted molar refractivity (Wildman–Crippen MR) is 45.5 cm³/mol. The molecule has 1 N–H and O–H groups in total. The van der Waals surface area contributed by atoms with Crippen LogP contribution in [0.5, 0.6) is 0 Å². The van der Waals surface area contributed by atoms with Crippen LogP contribution in [0.4, 0.5) is 0 Å². The van der Waals surface area contributed by atoms with E-state index in [2.05, 4.69) is 10.2 Å². The zero-order chi connectivity index (χ0) is 8.39. The van der Waals surface area contributed by atoms with Gasteiger partial charge in [-0.3, -0.25) is 5.10 Å². The van der Waals surface area contributed by atoms with E-state index in [1.54, 1.807) is 6.20 Å². The highest BCUT2D eigenvalue weighted by molar-refractivity contribution is 6.19. The van der Waals surface area contributed by atoms with E-state index < -0.39 is 0 Å². The second-order valence-corrected chi connectivity index (χ2v) is 3.30. The van der Waals surface area contributed by atoms with Crippen LogP contribution in [0.15, 0.2) is 12.3 Å². The lowest BCUT2D eigenvalue weighted by molar-refractivity contribution is 0.0856. The first-order valence-electron chi connectivity index (χ1n) is 4.02. The van der Waals surface area contributed by atoms with E-state index in [9.17, 15) is 0 Å². The molecule has 1 aliphatic rings. The summed E-state index contributed by atoms with van der Waals surface area (Å²) in [5.74, 6) is 0. The molecule has 1 aromatic rings. The Bertz CT molecular complexity index is 237. The molecule has 3 nitrogen and oxygen atoms in total. The first-order valence-corrected chi connectivity index (χ1v) is 4.46. The van der Waals surface area contributed by atoms with Gasteiger partial charge in [-0.2, -0.15) is 5.10 Å². The summed E-state index contributed by atoms with van der Waals surface area (Å²) < 4.78 is 5.44. The van der Waals surface area contributed by atoms with Crippen LogP contribution in [0.2, 0.25) is 0 Å². The van der Waals surface area contributed by atoms with Crippen molar-refractivity contribution in [2.75, 3.05) is 0 Å². The van der Waals surface area contributed by atoms with Crippen LogP contribution >= 0.6 is 11.6 Å². The lowest BCUT2D eigenvalue weighted by atomic mass is 10.1. The maximum Gasteiger partial charge on any atom is 0.146 e. The number of aromatic amines is 1. The average molecular weight is 186 g/mol. The molecule has 1 atom stereocenters. The summed E-state index contributed by atoms with van der Waals surface area (Å²) in [6, 6.07) is 1.89. The van der Waals surface area contributed by atoms with Crippen molar-refractivity contribution in [2.45, 2.75) is 24.8 Å². The number of aromatic nitrogens is 2. The van der Waals surface area contributed by atoms with Gasteiger partial charge in [0.05, 0.1) is 5.69 Å². The number of hydrogen-bond acceptors (Lipinski definition) is 2. The van der Waals surface area contributed by atoms with E-state index in [4.69, 9.17) is 16.3 Å². The summed E-state index contributed by atoms with van der Waals surface area (Å²) in [6.07, 6.45) is 5.61. The number of alkyl halides is 1. The molecule has 0 aliphatic carbocycles. The van der Waals surface area contributed by atoms with Crippen molar-refractivity contribution in [1.82, 2.24) is 10.2 Å². The molecule has 2 heterocycles. The minimum Gasteiger partial charge on any atom is -0.346 e. The molecule has 0 aromatic carbocycles. The second kappa shape index (κ2) is 3.46. The lowest BCUT2D eigenvalue weighted by Gasteiger charge is -2.23. The largest absolute Gasteiger partial charge is 0.346 e. The zero-order valence-electron chi connectivity index (χ0n) is 6.59. The van der Waals surface area contributed by atoms with Gasteiger partial charge in [-0.1, -0.05) is 11.6 Å². The first-order chi connectivity index (χ1) is 5.86. The Kier molecular flexibility index (Phi) is 2.33. The normalized spacial score (nSPS) is 25.9. The van der Waals surface area contributed by atoms with Gasteiger partial charge in [-0.05, 0) is 25.3 Å². The molecule has 1 radical (unpaired) electrons. The van der Waals surface area contributed by atoms with Crippen molar-refractivity contribution in [3.05, 3.63) is 24.1 Å². The fourth-order valence-electron chi connectivity index (χ4n) is 1.30. The number of nitrogens with one attached hydrogen (secondary N) is 1. The van der Waals surface area contributed by atoms with Gasteiger partial charge in [0.15, 0.2) is 0 Å². The van der Waals surface area contributed by atoms with Crippen LogP contribution < -0.4 is 0 Å². The van der Waals surface area contributed by atoms with Gasteiger partial charge in [0.2, 0.25) is 0 Å². The zero-order valence-corrected chi connectivity index (χ0v) is 7.34. The molecule has 1 aromatic heterocycles. The third kappa shape index (κ3) is 1.62. The molecule has 65 valence electrons. The Morgan fingerprint density at radius 2 is 2.58 bits per heavy atom. The Morgan fingerprint density at radius 3 is 3.25 bits per heavy atom. The molecule has 1 unspecified atom stereocenters. The van der Waals surface area contributed by atoms with Crippen molar-refractivity contribution in [3.8, 4) is 0 Å². The first kappa shape index (κ1) is 8.08. The Hall–Kier alpha value is -0.540. The molecule has 1 fully saturated rings. The number of H-pyrrole nitrogens is 1. The van der Waals surface area contributed by atoms with Gasteiger partial charge in [0.25, 0.3) is 0 Å². The highest BCUT2D eigenvalue weighted by Crippen LogP contribution is 2.30. The quantitative estimate of drug-likeness (QED) is 0.681. The van der Waals surface area contributed by atoms with E-state index in [0.29, 0.717) is 0 Å². The highest BCUT2D eigenvalue weighted by Gasteiger charge is 2.23. The Morgan fingerprint density at radius 1 is 1.67 bits per heavy atom. The standard InChI is InChI=1S/C8H10ClN2O/c9-8-3-1-2-7(12-8)6-4-5-10-11-6/h4-5,8H,1-3H2,(H,10,11). The smallest absolute Gasteiger partial charge is 0.146 e. The molecule has 4 heteroatoms. The molecule has 2 rings (SSSR count). The van der Waals surface area contributed by atoms with Crippen molar-refractivity contribution in [3.63, 3.8) is 0 Å². The molecule has 0 saturated carbocycles. The van der Waals surface area contributed by atoms with Crippen LogP contribution in [0.1, 0.15) is 25.0 Å². The maximum atomic E-state index is 5.85. The van der Waals surface area contributed by atoms with Gasteiger partial charge in [-0.15, -0.1) is 0 Å². The molecule has 1 aliphatic heterocycles. The predicted octanol–water partition coefficient (Wildman–Crippen LogP) is 2.06. The third-order valence-corrected chi connectivity index (χ3v) is 2.21. The van der Waals surface area contributed by atoms with Crippen LogP contribution in [0.25, 0.3) is 0 Å². The molecule has 1 saturated heterocycles. The minimum atomic E-state index is -0.169. The number of hydrogen-bond donors (Lipinski definition) is 1. The number of ether oxygens (including phenoxy) is 1. The molecule has 12 heavy (non-hydrogen) atoms. The molecule has 0 amide bonds. The van der Waals surface area contributed by atoms with Crippen molar-refractivity contribution in [1.29, 1.82) is 0 Å². The summed E-state index contributed by atoms with van der Waals surface area (Å²) in [5, 5.41) is 6.71.